The summed E-state index contributed by atoms with van der Waals surface area (Å²) in [5, 5.41) is 18.6. The highest BCUT2D eigenvalue weighted by molar-refractivity contribution is 5.48. The molecule has 0 aliphatic heterocycles. The Labute approximate surface area is 70.4 Å². The van der Waals surface area contributed by atoms with Crippen molar-refractivity contribution in [2.24, 2.45) is 5.73 Å². The molecule has 0 radical (unpaired) electrons. The van der Waals surface area contributed by atoms with Crippen molar-refractivity contribution in [3.05, 3.63) is 23.3 Å². The van der Waals surface area contributed by atoms with Crippen LogP contribution in [0.3, 0.4) is 0 Å². The Morgan fingerprint density at radius 2 is 2.08 bits per heavy atom. The first-order valence-corrected chi connectivity index (χ1v) is 3.99. The summed E-state index contributed by atoms with van der Waals surface area (Å²) in [6.07, 6.45) is 1.66. The zero-order valence-electron chi connectivity index (χ0n) is 6.62. The molecule has 3 heteroatoms. The molecular weight excluding hydrogens is 154 g/mol. The number of phenolic OH excluding ortho intramolecular Hbond substituents is 2. The monoisotopic (exact) mass is 165 g/mol. The Hall–Kier alpha value is -1.22. The molecule has 4 N–H and O–H groups in total. The van der Waals surface area contributed by atoms with E-state index in [0.717, 1.165) is 24.0 Å². The van der Waals surface area contributed by atoms with Crippen LogP contribution in [-0.4, -0.2) is 10.2 Å². The van der Waals surface area contributed by atoms with Crippen molar-refractivity contribution in [3.63, 3.8) is 0 Å². The summed E-state index contributed by atoms with van der Waals surface area (Å²) < 4.78 is 0. The van der Waals surface area contributed by atoms with E-state index in [-0.39, 0.29) is 17.5 Å². The first-order chi connectivity index (χ1) is 5.68. The molecule has 12 heavy (non-hydrogen) atoms. The predicted octanol–water partition coefficient (Wildman–Crippen LogP) is 1.04. The summed E-state index contributed by atoms with van der Waals surface area (Å²) >= 11 is 0. The largest absolute Gasteiger partial charge is 0.508 e. The third-order valence-corrected chi connectivity index (χ3v) is 2.35. The fourth-order valence-corrected chi connectivity index (χ4v) is 1.72. The Balaban J connectivity index is 2.60. The SMILES string of the molecule is NC1CCc2c(O)cc(O)cc21. The molecule has 0 saturated carbocycles. The number of rotatable bonds is 0. The van der Waals surface area contributed by atoms with Crippen LogP contribution >= 0.6 is 0 Å². The minimum Gasteiger partial charge on any atom is -0.508 e. The van der Waals surface area contributed by atoms with Crippen molar-refractivity contribution in [2.75, 3.05) is 0 Å². The number of fused-ring (bicyclic) bond motifs is 1. The lowest BCUT2D eigenvalue weighted by Gasteiger charge is -2.06. The molecule has 0 bridgehead atoms. The summed E-state index contributed by atoms with van der Waals surface area (Å²) in [5.74, 6) is 0.251. The van der Waals surface area contributed by atoms with Gasteiger partial charge in [-0.25, -0.2) is 0 Å². The van der Waals surface area contributed by atoms with Gasteiger partial charge in [-0.15, -0.1) is 0 Å². The highest BCUT2D eigenvalue weighted by atomic mass is 16.3. The second kappa shape index (κ2) is 2.38. The van der Waals surface area contributed by atoms with Gasteiger partial charge in [-0.2, -0.15) is 0 Å². The molecule has 0 heterocycles. The number of aromatic hydroxyl groups is 2. The Bertz CT molecular complexity index is 323. The van der Waals surface area contributed by atoms with Gasteiger partial charge in [0.2, 0.25) is 0 Å². The first kappa shape index (κ1) is 7.43. The molecule has 1 aromatic carbocycles. The molecule has 1 aliphatic rings. The van der Waals surface area contributed by atoms with Crippen molar-refractivity contribution in [1.29, 1.82) is 0 Å². The number of phenols is 2. The van der Waals surface area contributed by atoms with Crippen LogP contribution in [0, 0.1) is 0 Å². The van der Waals surface area contributed by atoms with Crippen LogP contribution in [0.15, 0.2) is 12.1 Å². The highest BCUT2D eigenvalue weighted by Gasteiger charge is 2.22. The lowest BCUT2D eigenvalue weighted by Crippen LogP contribution is -2.04. The van der Waals surface area contributed by atoms with E-state index in [9.17, 15) is 10.2 Å². The summed E-state index contributed by atoms with van der Waals surface area (Å²) in [4.78, 5) is 0. The molecular formula is C9H11NO2. The smallest absolute Gasteiger partial charge is 0.122 e. The van der Waals surface area contributed by atoms with Gasteiger partial charge in [0.05, 0.1) is 0 Å². The van der Waals surface area contributed by atoms with E-state index in [1.165, 1.54) is 6.07 Å². The van der Waals surface area contributed by atoms with Crippen molar-refractivity contribution in [3.8, 4) is 11.5 Å². The molecule has 3 nitrogen and oxygen atoms in total. The molecule has 1 atom stereocenters. The number of benzene rings is 1. The van der Waals surface area contributed by atoms with Crippen LogP contribution in [-0.2, 0) is 6.42 Å². The van der Waals surface area contributed by atoms with E-state index in [4.69, 9.17) is 5.73 Å². The van der Waals surface area contributed by atoms with Gasteiger partial charge in [0.25, 0.3) is 0 Å². The number of nitrogens with two attached hydrogens (primary N) is 1. The van der Waals surface area contributed by atoms with Gasteiger partial charge in [0.15, 0.2) is 0 Å². The van der Waals surface area contributed by atoms with Gasteiger partial charge < -0.3 is 15.9 Å². The Kier molecular flexibility index (Phi) is 1.48. The molecule has 0 fully saturated rings. The predicted molar refractivity (Wildman–Crippen MR) is 45.0 cm³/mol. The molecule has 0 spiro atoms. The van der Waals surface area contributed by atoms with Crippen LogP contribution < -0.4 is 5.73 Å². The average molecular weight is 165 g/mol. The van der Waals surface area contributed by atoms with Crippen molar-refractivity contribution in [2.45, 2.75) is 18.9 Å². The topological polar surface area (TPSA) is 66.5 Å². The summed E-state index contributed by atoms with van der Waals surface area (Å²) in [7, 11) is 0. The minimum absolute atomic E-state index is 0.0296. The Morgan fingerprint density at radius 3 is 2.83 bits per heavy atom. The lowest BCUT2D eigenvalue weighted by molar-refractivity contribution is 0.446. The second-order valence-corrected chi connectivity index (χ2v) is 3.18. The molecule has 1 aliphatic carbocycles. The van der Waals surface area contributed by atoms with Crippen LogP contribution in [0.25, 0.3) is 0 Å². The average Bonchev–Trinajstić information content (AvgIpc) is 2.33. The summed E-state index contributed by atoms with van der Waals surface area (Å²) in [6.45, 7) is 0. The van der Waals surface area contributed by atoms with Crippen molar-refractivity contribution < 1.29 is 10.2 Å². The standard InChI is InChI=1S/C9H11NO2/c10-8-2-1-6-7(8)3-5(11)4-9(6)12/h3-4,8,11-12H,1-2,10H2. The molecule has 0 aromatic heterocycles. The minimum atomic E-state index is -0.0296. The number of hydrogen-bond acceptors (Lipinski definition) is 3. The van der Waals surface area contributed by atoms with E-state index >= 15 is 0 Å². The third-order valence-electron chi connectivity index (χ3n) is 2.35. The van der Waals surface area contributed by atoms with Gasteiger partial charge in [-0.05, 0) is 30.0 Å². The van der Waals surface area contributed by atoms with Gasteiger partial charge in [-0.1, -0.05) is 0 Å². The number of hydrogen-bond donors (Lipinski definition) is 3. The zero-order chi connectivity index (χ0) is 8.72. The van der Waals surface area contributed by atoms with Crippen molar-refractivity contribution in [1.82, 2.24) is 0 Å². The molecule has 64 valence electrons. The third kappa shape index (κ3) is 0.940. The van der Waals surface area contributed by atoms with Gasteiger partial charge in [0.1, 0.15) is 11.5 Å². The Morgan fingerprint density at radius 1 is 1.33 bits per heavy atom. The summed E-state index contributed by atoms with van der Waals surface area (Å²) in [5.41, 5.74) is 7.53. The second-order valence-electron chi connectivity index (χ2n) is 3.18. The molecule has 0 amide bonds. The zero-order valence-corrected chi connectivity index (χ0v) is 6.62. The van der Waals surface area contributed by atoms with Crippen LogP contribution in [0.1, 0.15) is 23.6 Å². The van der Waals surface area contributed by atoms with E-state index in [0.29, 0.717) is 0 Å². The van der Waals surface area contributed by atoms with Crippen molar-refractivity contribution >= 4 is 0 Å². The maximum absolute atomic E-state index is 9.41. The molecule has 1 aromatic rings. The van der Waals surface area contributed by atoms with Crippen LogP contribution in [0.5, 0.6) is 11.5 Å². The fraction of sp³-hybridized carbons (Fsp3) is 0.333. The van der Waals surface area contributed by atoms with E-state index in [1.54, 1.807) is 6.07 Å². The van der Waals surface area contributed by atoms with Gasteiger partial charge >= 0.3 is 0 Å². The van der Waals surface area contributed by atoms with Gasteiger partial charge in [0, 0.05) is 12.1 Å². The molecule has 0 saturated heterocycles. The fourth-order valence-electron chi connectivity index (χ4n) is 1.72. The van der Waals surface area contributed by atoms with E-state index in [1.807, 2.05) is 0 Å². The quantitative estimate of drug-likeness (QED) is 0.538. The van der Waals surface area contributed by atoms with E-state index in [2.05, 4.69) is 0 Å². The lowest BCUT2D eigenvalue weighted by atomic mass is 10.1. The maximum Gasteiger partial charge on any atom is 0.122 e. The summed E-state index contributed by atoms with van der Waals surface area (Å²) in [6, 6.07) is 2.96. The molecule has 2 rings (SSSR count). The maximum atomic E-state index is 9.41. The van der Waals surface area contributed by atoms with Crippen LogP contribution in [0.2, 0.25) is 0 Å². The molecule has 1 unspecified atom stereocenters. The highest BCUT2D eigenvalue weighted by Crippen LogP contribution is 2.37. The first-order valence-electron chi connectivity index (χ1n) is 3.99. The normalized spacial score (nSPS) is 20.9. The van der Waals surface area contributed by atoms with Crippen LogP contribution in [0.4, 0.5) is 0 Å². The van der Waals surface area contributed by atoms with Gasteiger partial charge in [-0.3, -0.25) is 0 Å². The van der Waals surface area contributed by atoms with E-state index < -0.39 is 0 Å².